The van der Waals surface area contributed by atoms with Crippen LogP contribution in [0.3, 0.4) is 0 Å². The lowest BCUT2D eigenvalue weighted by Gasteiger charge is -2.26. The smallest absolute Gasteiger partial charge is 0.261 e. The van der Waals surface area contributed by atoms with Gasteiger partial charge >= 0.3 is 0 Å². The number of carbonyl (C=O) groups is 1. The molecule has 0 spiro atoms. The van der Waals surface area contributed by atoms with Gasteiger partial charge in [-0.15, -0.1) is 0 Å². The Morgan fingerprint density at radius 3 is 2.44 bits per heavy atom. The first-order valence-electron chi connectivity index (χ1n) is 8.06. The number of halogens is 1. The lowest BCUT2D eigenvalue weighted by atomic mass is 10.1. The van der Waals surface area contributed by atoms with Crippen LogP contribution in [0.4, 0.5) is 11.4 Å². The number of benzene rings is 2. The molecule has 0 saturated carbocycles. The van der Waals surface area contributed by atoms with Crippen LogP contribution in [0.1, 0.15) is 24.8 Å². The van der Waals surface area contributed by atoms with Gasteiger partial charge in [-0.25, -0.2) is 8.42 Å². The molecule has 0 aromatic heterocycles. The third-order valence-electron chi connectivity index (χ3n) is 4.19. The molecule has 1 amide bonds. The highest BCUT2D eigenvalue weighted by Crippen LogP contribution is 2.25. The number of hydrogen-bond donors (Lipinski definition) is 1. The zero-order chi connectivity index (χ0) is 18.0. The van der Waals surface area contributed by atoms with E-state index in [4.69, 9.17) is 0 Å². The lowest BCUT2D eigenvalue weighted by Crippen LogP contribution is -2.35. The molecule has 0 bridgehead atoms. The molecule has 0 unspecified atom stereocenters. The van der Waals surface area contributed by atoms with Crippen LogP contribution in [0.2, 0.25) is 0 Å². The van der Waals surface area contributed by atoms with Crippen LogP contribution < -0.4 is 9.62 Å². The first-order valence-corrected chi connectivity index (χ1v) is 10.3. The quantitative estimate of drug-likeness (QED) is 0.806. The number of hydrogen-bond acceptors (Lipinski definition) is 3. The fourth-order valence-corrected chi connectivity index (χ4v) is 4.10. The van der Waals surface area contributed by atoms with E-state index < -0.39 is 10.0 Å². The molecular formula is C18H19BrN2O3S. The second kappa shape index (κ2) is 7.17. The van der Waals surface area contributed by atoms with Crippen LogP contribution in [-0.4, -0.2) is 20.9 Å². The standard InChI is InChI=1S/C18H19BrN2O3S/c1-13-12-14(5-10-17(13)19)20-25(23,24)16-8-6-15(7-9-16)21-11-3-2-4-18(21)22/h5-10,12,20H,2-4,11H2,1H3. The molecule has 1 saturated heterocycles. The molecule has 1 fully saturated rings. The van der Waals surface area contributed by atoms with Crippen molar-refractivity contribution in [3.63, 3.8) is 0 Å². The molecule has 1 N–H and O–H groups in total. The Kier molecular flexibility index (Phi) is 5.15. The summed E-state index contributed by atoms with van der Waals surface area (Å²) in [6, 6.07) is 11.7. The van der Waals surface area contributed by atoms with Crippen molar-refractivity contribution in [2.45, 2.75) is 31.1 Å². The van der Waals surface area contributed by atoms with Crippen molar-refractivity contribution in [2.24, 2.45) is 0 Å². The van der Waals surface area contributed by atoms with E-state index in [-0.39, 0.29) is 10.8 Å². The molecule has 0 atom stereocenters. The van der Waals surface area contributed by atoms with E-state index in [0.717, 1.165) is 28.6 Å². The predicted molar refractivity (Wildman–Crippen MR) is 102 cm³/mol. The Labute approximate surface area is 156 Å². The molecule has 2 aromatic rings. The zero-order valence-electron chi connectivity index (χ0n) is 13.8. The van der Waals surface area contributed by atoms with E-state index in [1.54, 1.807) is 35.2 Å². The Bertz CT molecular complexity index is 895. The third-order valence-corrected chi connectivity index (χ3v) is 6.48. The van der Waals surface area contributed by atoms with Gasteiger partial charge in [0.15, 0.2) is 0 Å². The first kappa shape index (κ1) is 17.9. The molecule has 1 aliphatic rings. The molecule has 1 aliphatic heterocycles. The summed E-state index contributed by atoms with van der Waals surface area (Å²) in [4.78, 5) is 13.9. The van der Waals surface area contributed by atoms with Crippen LogP contribution in [0, 0.1) is 6.92 Å². The Morgan fingerprint density at radius 1 is 1.08 bits per heavy atom. The second-order valence-corrected chi connectivity index (χ2v) is 8.60. The Morgan fingerprint density at radius 2 is 1.80 bits per heavy atom. The van der Waals surface area contributed by atoms with Crippen LogP contribution in [0.25, 0.3) is 0 Å². The van der Waals surface area contributed by atoms with Gasteiger partial charge in [0.2, 0.25) is 5.91 Å². The highest BCUT2D eigenvalue weighted by atomic mass is 79.9. The van der Waals surface area contributed by atoms with Crippen LogP contribution >= 0.6 is 15.9 Å². The van der Waals surface area contributed by atoms with Crippen molar-refractivity contribution in [3.8, 4) is 0 Å². The summed E-state index contributed by atoms with van der Waals surface area (Å²) >= 11 is 3.40. The van der Waals surface area contributed by atoms with Gasteiger partial charge in [-0.05, 0) is 67.8 Å². The first-order chi connectivity index (χ1) is 11.9. The van der Waals surface area contributed by atoms with Gasteiger partial charge in [0.1, 0.15) is 0 Å². The topological polar surface area (TPSA) is 66.5 Å². The van der Waals surface area contributed by atoms with Crippen LogP contribution in [0.5, 0.6) is 0 Å². The fourth-order valence-electron chi connectivity index (χ4n) is 2.81. The molecule has 0 aliphatic carbocycles. The summed E-state index contributed by atoms with van der Waals surface area (Å²) < 4.78 is 28.6. The number of piperidine rings is 1. The maximum absolute atomic E-state index is 12.5. The largest absolute Gasteiger partial charge is 0.312 e. The van der Waals surface area contributed by atoms with Crippen molar-refractivity contribution in [1.82, 2.24) is 0 Å². The van der Waals surface area contributed by atoms with Crippen molar-refractivity contribution in [2.75, 3.05) is 16.2 Å². The summed E-state index contributed by atoms with van der Waals surface area (Å²) in [7, 11) is -3.67. The van der Waals surface area contributed by atoms with E-state index in [0.29, 0.717) is 18.7 Å². The van der Waals surface area contributed by atoms with Crippen LogP contribution in [0.15, 0.2) is 51.8 Å². The minimum atomic E-state index is -3.67. The van der Waals surface area contributed by atoms with Gasteiger partial charge in [0.05, 0.1) is 4.90 Å². The predicted octanol–water partition coefficient (Wildman–Crippen LogP) is 4.08. The highest BCUT2D eigenvalue weighted by molar-refractivity contribution is 9.10. The second-order valence-electron chi connectivity index (χ2n) is 6.07. The monoisotopic (exact) mass is 422 g/mol. The third kappa shape index (κ3) is 4.04. The molecule has 132 valence electrons. The SMILES string of the molecule is Cc1cc(NS(=O)(=O)c2ccc(N3CCCCC3=O)cc2)ccc1Br. The lowest BCUT2D eigenvalue weighted by molar-refractivity contribution is -0.119. The minimum Gasteiger partial charge on any atom is -0.312 e. The van der Waals surface area contributed by atoms with E-state index in [2.05, 4.69) is 20.7 Å². The van der Waals surface area contributed by atoms with Gasteiger partial charge in [0, 0.05) is 28.8 Å². The van der Waals surface area contributed by atoms with Gasteiger partial charge in [-0.2, -0.15) is 0 Å². The number of aryl methyl sites for hydroxylation is 1. The maximum Gasteiger partial charge on any atom is 0.261 e. The molecule has 3 rings (SSSR count). The summed E-state index contributed by atoms with van der Waals surface area (Å²) in [6.45, 7) is 2.58. The van der Waals surface area contributed by atoms with E-state index in [1.165, 1.54) is 12.1 Å². The number of nitrogens with zero attached hydrogens (tertiary/aromatic N) is 1. The van der Waals surface area contributed by atoms with Crippen molar-refractivity contribution >= 4 is 43.2 Å². The average molecular weight is 423 g/mol. The number of rotatable bonds is 4. The Hall–Kier alpha value is -1.86. The number of carbonyl (C=O) groups excluding carboxylic acids is 1. The minimum absolute atomic E-state index is 0.0883. The van der Waals surface area contributed by atoms with Crippen molar-refractivity contribution in [1.29, 1.82) is 0 Å². The molecule has 5 nitrogen and oxygen atoms in total. The van der Waals surface area contributed by atoms with Gasteiger partial charge in [-0.3, -0.25) is 9.52 Å². The van der Waals surface area contributed by atoms with Gasteiger partial charge < -0.3 is 4.90 Å². The fraction of sp³-hybridized carbons (Fsp3) is 0.278. The molecular weight excluding hydrogens is 404 g/mol. The van der Waals surface area contributed by atoms with E-state index in [9.17, 15) is 13.2 Å². The number of nitrogens with one attached hydrogen (secondary N) is 1. The zero-order valence-corrected chi connectivity index (χ0v) is 16.2. The normalized spacial score (nSPS) is 15.3. The number of anilines is 2. The van der Waals surface area contributed by atoms with Crippen LogP contribution in [-0.2, 0) is 14.8 Å². The van der Waals surface area contributed by atoms with E-state index in [1.807, 2.05) is 6.92 Å². The van der Waals surface area contributed by atoms with Crippen molar-refractivity contribution in [3.05, 3.63) is 52.5 Å². The van der Waals surface area contributed by atoms with E-state index >= 15 is 0 Å². The number of sulfonamides is 1. The maximum atomic E-state index is 12.5. The molecule has 2 aromatic carbocycles. The summed E-state index contributed by atoms with van der Waals surface area (Å²) in [5, 5.41) is 0. The Balaban J connectivity index is 1.80. The molecule has 7 heteroatoms. The molecule has 1 heterocycles. The van der Waals surface area contributed by atoms with Gasteiger partial charge in [0.25, 0.3) is 10.0 Å². The molecule has 0 radical (unpaired) electrons. The molecule has 25 heavy (non-hydrogen) atoms. The summed E-state index contributed by atoms with van der Waals surface area (Å²) in [5.41, 5.74) is 2.19. The van der Waals surface area contributed by atoms with Crippen molar-refractivity contribution < 1.29 is 13.2 Å². The summed E-state index contributed by atoms with van der Waals surface area (Å²) in [6.07, 6.45) is 2.43. The summed E-state index contributed by atoms with van der Waals surface area (Å²) in [5.74, 6) is 0.0883. The highest BCUT2D eigenvalue weighted by Gasteiger charge is 2.21. The van der Waals surface area contributed by atoms with Gasteiger partial charge in [-0.1, -0.05) is 15.9 Å². The number of amides is 1. The average Bonchev–Trinajstić information content (AvgIpc) is 2.58.